The molecule has 3 N–H and O–H groups in total. The normalized spacial score (nSPS) is 11.8. The summed E-state index contributed by atoms with van der Waals surface area (Å²) in [5.74, 6) is 1.37. The molecule has 3 heterocycles. The molecule has 4 rings (SSSR count). The Bertz CT molecular complexity index is 1220. The average molecular weight is 417 g/mol. The number of pyridine rings is 1. The van der Waals surface area contributed by atoms with E-state index in [-0.39, 0.29) is 11.8 Å². The Morgan fingerprint density at radius 2 is 2.03 bits per heavy atom. The summed E-state index contributed by atoms with van der Waals surface area (Å²) in [5.41, 5.74) is 3.96. The van der Waals surface area contributed by atoms with Gasteiger partial charge in [-0.2, -0.15) is 5.10 Å². The number of ether oxygens (including phenoxy) is 1. The number of aromatic amines is 1. The molecule has 1 atom stereocenters. The number of aromatic nitrogens is 5. The number of carbonyl (C=O) groups is 1. The summed E-state index contributed by atoms with van der Waals surface area (Å²) < 4.78 is 5.51. The van der Waals surface area contributed by atoms with Crippen molar-refractivity contribution in [2.75, 3.05) is 26.0 Å². The van der Waals surface area contributed by atoms with Crippen molar-refractivity contribution in [3.63, 3.8) is 0 Å². The standard InChI is InChI=1S/C22H23N7O2/c1-13(17-5-4-14(22(30)23-2)7-19(17)31-3)9-24-20-8-18(26-12-27-20)15-6-16-11-28-29-21(16)25-10-15/h4-8,10-13H,9H2,1-3H3,(H,23,30)(H,24,26,27)(H,25,28,29). The van der Waals surface area contributed by atoms with Crippen molar-refractivity contribution >= 4 is 22.8 Å². The first-order valence-corrected chi connectivity index (χ1v) is 9.84. The minimum Gasteiger partial charge on any atom is -0.496 e. The number of hydrogen-bond acceptors (Lipinski definition) is 7. The van der Waals surface area contributed by atoms with Gasteiger partial charge in [0.05, 0.1) is 19.0 Å². The number of methoxy groups -OCH3 is 1. The summed E-state index contributed by atoms with van der Waals surface area (Å²) in [7, 11) is 3.21. The van der Waals surface area contributed by atoms with Crippen LogP contribution in [0.5, 0.6) is 5.75 Å². The summed E-state index contributed by atoms with van der Waals surface area (Å²) in [5, 5.41) is 13.7. The fraction of sp³-hybridized carbons (Fsp3) is 0.227. The number of amides is 1. The van der Waals surface area contributed by atoms with E-state index in [1.807, 2.05) is 18.2 Å². The van der Waals surface area contributed by atoms with Crippen molar-refractivity contribution in [2.24, 2.45) is 0 Å². The zero-order chi connectivity index (χ0) is 21.8. The van der Waals surface area contributed by atoms with E-state index in [0.29, 0.717) is 23.7 Å². The van der Waals surface area contributed by atoms with Crippen LogP contribution in [-0.2, 0) is 0 Å². The third-order valence-electron chi connectivity index (χ3n) is 5.10. The summed E-state index contributed by atoms with van der Waals surface area (Å²) in [4.78, 5) is 24.9. The number of anilines is 1. The van der Waals surface area contributed by atoms with Crippen LogP contribution in [0.15, 0.2) is 49.1 Å². The Morgan fingerprint density at radius 3 is 2.84 bits per heavy atom. The SMILES string of the molecule is CNC(=O)c1ccc(C(C)CNc2cc(-c3cnc4[nH]ncc4c3)ncn2)c(OC)c1. The van der Waals surface area contributed by atoms with Crippen LogP contribution in [0.4, 0.5) is 5.82 Å². The summed E-state index contributed by atoms with van der Waals surface area (Å²) in [6.07, 6.45) is 5.02. The smallest absolute Gasteiger partial charge is 0.251 e. The molecule has 0 aliphatic heterocycles. The van der Waals surface area contributed by atoms with Gasteiger partial charge < -0.3 is 15.4 Å². The predicted octanol–water partition coefficient (Wildman–Crippen LogP) is 3.00. The fourth-order valence-corrected chi connectivity index (χ4v) is 3.36. The maximum absolute atomic E-state index is 11.9. The molecule has 0 saturated carbocycles. The third-order valence-corrected chi connectivity index (χ3v) is 5.10. The van der Waals surface area contributed by atoms with Gasteiger partial charge in [-0.05, 0) is 23.8 Å². The molecule has 0 bridgehead atoms. The van der Waals surface area contributed by atoms with E-state index < -0.39 is 0 Å². The van der Waals surface area contributed by atoms with Crippen molar-refractivity contribution in [3.8, 4) is 17.0 Å². The van der Waals surface area contributed by atoms with Gasteiger partial charge in [-0.3, -0.25) is 9.89 Å². The van der Waals surface area contributed by atoms with Crippen LogP contribution in [0.2, 0.25) is 0 Å². The molecule has 3 aromatic heterocycles. The minimum atomic E-state index is -0.146. The number of benzene rings is 1. The Labute approximate surface area is 179 Å². The van der Waals surface area contributed by atoms with Crippen molar-refractivity contribution in [1.82, 2.24) is 30.5 Å². The topological polar surface area (TPSA) is 118 Å². The second kappa shape index (κ2) is 8.78. The lowest BCUT2D eigenvalue weighted by atomic mass is 9.98. The number of carbonyl (C=O) groups excluding carboxylic acids is 1. The Balaban J connectivity index is 1.49. The zero-order valence-corrected chi connectivity index (χ0v) is 17.5. The highest BCUT2D eigenvalue weighted by atomic mass is 16.5. The molecule has 4 aromatic rings. The molecular weight excluding hydrogens is 394 g/mol. The molecule has 9 nitrogen and oxygen atoms in total. The molecule has 0 aliphatic rings. The number of fused-ring (bicyclic) bond motifs is 1. The van der Waals surface area contributed by atoms with Gasteiger partial charge in [0.15, 0.2) is 5.65 Å². The quantitative estimate of drug-likeness (QED) is 0.423. The van der Waals surface area contributed by atoms with Gasteiger partial charge in [-0.1, -0.05) is 13.0 Å². The molecule has 158 valence electrons. The van der Waals surface area contributed by atoms with E-state index in [1.54, 1.807) is 38.7 Å². The van der Waals surface area contributed by atoms with E-state index in [4.69, 9.17) is 4.74 Å². The molecule has 0 saturated heterocycles. The van der Waals surface area contributed by atoms with Gasteiger partial charge in [-0.15, -0.1) is 0 Å². The van der Waals surface area contributed by atoms with Gasteiger partial charge in [0.1, 0.15) is 17.9 Å². The Kier molecular flexibility index (Phi) is 5.74. The van der Waals surface area contributed by atoms with Gasteiger partial charge in [0, 0.05) is 48.3 Å². The number of nitrogens with one attached hydrogen (secondary N) is 3. The fourth-order valence-electron chi connectivity index (χ4n) is 3.36. The first-order chi connectivity index (χ1) is 15.1. The highest BCUT2D eigenvalue weighted by Gasteiger charge is 2.15. The van der Waals surface area contributed by atoms with E-state index in [9.17, 15) is 4.79 Å². The van der Waals surface area contributed by atoms with Crippen LogP contribution in [0.1, 0.15) is 28.8 Å². The van der Waals surface area contributed by atoms with Crippen molar-refractivity contribution in [1.29, 1.82) is 0 Å². The lowest BCUT2D eigenvalue weighted by molar-refractivity contribution is 0.0962. The maximum atomic E-state index is 11.9. The average Bonchev–Trinajstić information content (AvgIpc) is 3.29. The highest BCUT2D eigenvalue weighted by molar-refractivity contribution is 5.94. The molecule has 1 amide bonds. The maximum Gasteiger partial charge on any atom is 0.251 e. The van der Waals surface area contributed by atoms with Gasteiger partial charge in [0.2, 0.25) is 0 Å². The van der Waals surface area contributed by atoms with Crippen LogP contribution in [0.3, 0.4) is 0 Å². The monoisotopic (exact) mass is 417 g/mol. The number of rotatable bonds is 7. The van der Waals surface area contributed by atoms with Crippen molar-refractivity contribution in [3.05, 3.63) is 60.2 Å². The van der Waals surface area contributed by atoms with Crippen molar-refractivity contribution in [2.45, 2.75) is 12.8 Å². The summed E-state index contributed by atoms with van der Waals surface area (Å²) in [6.45, 7) is 2.72. The molecule has 9 heteroatoms. The first-order valence-electron chi connectivity index (χ1n) is 9.84. The minimum absolute atomic E-state index is 0.121. The molecule has 0 spiro atoms. The van der Waals surface area contributed by atoms with E-state index in [2.05, 4.69) is 42.7 Å². The lowest BCUT2D eigenvalue weighted by Gasteiger charge is -2.17. The van der Waals surface area contributed by atoms with Gasteiger partial charge in [-0.25, -0.2) is 15.0 Å². The van der Waals surface area contributed by atoms with E-state index >= 15 is 0 Å². The second-order valence-corrected chi connectivity index (χ2v) is 7.14. The zero-order valence-electron chi connectivity index (χ0n) is 17.5. The Morgan fingerprint density at radius 1 is 1.16 bits per heavy atom. The molecule has 31 heavy (non-hydrogen) atoms. The molecular formula is C22H23N7O2. The molecule has 0 radical (unpaired) electrons. The molecule has 1 aromatic carbocycles. The van der Waals surface area contributed by atoms with E-state index in [1.165, 1.54) is 6.33 Å². The first kappa shape index (κ1) is 20.3. The largest absolute Gasteiger partial charge is 0.496 e. The summed E-state index contributed by atoms with van der Waals surface area (Å²) >= 11 is 0. The predicted molar refractivity (Wildman–Crippen MR) is 118 cm³/mol. The second-order valence-electron chi connectivity index (χ2n) is 7.14. The van der Waals surface area contributed by atoms with E-state index in [0.717, 1.165) is 27.9 Å². The van der Waals surface area contributed by atoms with Crippen LogP contribution < -0.4 is 15.4 Å². The van der Waals surface area contributed by atoms with Crippen molar-refractivity contribution < 1.29 is 9.53 Å². The molecule has 0 fully saturated rings. The summed E-state index contributed by atoms with van der Waals surface area (Å²) in [6, 6.07) is 9.36. The van der Waals surface area contributed by atoms with Crippen LogP contribution >= 0.6 is 0 Å². The molecule has 1 unspecified atom stereocenters. The number of hydrogen-bond donors (Lipinski definition) is 3. The lowest BCUT2D eigenvalue weighted by Crippen LogP contribution is -2.18. The third kappa shape index (κ3) is 4.30. The van der Waals surface area contributed by atoms with Crippen LogP contribution in [0, 0.1) is 0 Å². The van der Waals surface area contributed by atoms with Gasteiger partial charge >= 0.3 is 0 Å². The number of H-pyrrole nitrogens is 1. The highest BCUT2D eigenvalue weighted by Crippen LogP contribution is 2.28. The Hall–Kier alpha value is -4.01. The van der Waals surface area contributed by atoms with Crippen LogP contribution in [0.25, 0.3) is 22.3 Å². The molecule has 0 aliphatic carbocycles. The number of nitrogens with zero attached hydrogens (tertiary/aromatic N) is 4. The van der Waals surface area contributed by atoms with Crippen LogP contribution in [-0.4, -0.2) is 51.8 Å². The van der Waals surface area contributed by atoms with Gasteiger partial charge in [0.25, 0.3) is 5.91 Å².